The number of unbranched alkanes of at least 4 members (excludes halogenated alkanes) is 3. The summed E-state index contributed by atoms with van der Waals surface area (Å²) in [4.78, 5) is 11.4. The summed E-state index contributed by atoms with van der Waals surface area (Å²) in [5.41, 5.74) is 0.251. The van der Waals surface area contributed by atoms with Crippen LogP contribution >= 0.6 is 11.6 Å². The summed E-state index contributed by atoms with van der Waals surface area (Å²) in [6.07, 6.45) is 3.60. The molecule has 5 heteroatoms. The van der Waals surface area contributed by atoms with E-state index in [-0.39, 0.29) is 16.5 Å². The first-order valence-electron chi connectivity index (χ1n) is 6.06. The molecule has 100 valence electrons. The number of anilines is 1. The number of amides is 1. The molecule has 0 aliphatic rings. The number of aromatic hydroxyl groups is 1. The van der Waals surface area contributed by atoms with Crippen LogP contribution in [0.4, 0.5) is 10.5 Å². The Morgan fingerprint density at radius 2 is 2.17 bits per heavy atom. The number of ether oxygens (including phenoxy) is 1. The molecule has 2 N–H and O–H groups in total. The second-order valence-corrected chi connectivity index (χ2v) is 4.36. The van der Waals surface area contributed by atoms with E-state index < -0.39 is 6.09 Å². The Balaban J connectivity index is 2.34. The third kappa shape index (κ3) is 4.84. The molecule has 4 nitrogen and oxygen atoms in total. The van der Waals surface area contributed by atoms with Crippen molar-refractivity contribution in [3.05, 3.63) is 23.2 Å². The van der Waals surface area contributed by atoms with Crippen molar-refractivity contribution >= 4 is 23.4 Å². The Kier molecular flexibility index (Phi) is 6.36. The van der Waals surface area contributed by atoms with Crippen LogP contribution in [-0.2, 0) is 4.74 Å². The van der Waals surface area contributed by atoms with Gasteiger partial charge in [0.2, 0.25) is 0 Å². The Morgan fingerprint density at radius 1 is 1.39 bits per heavy atom. The average molecular weight is 272 g/mol. The summed E-state index contributed by atoms with van der Waals surface area (Å²) >= 11 is 5.72. The molecule has 0 saturated heterocycles. The molecule has 0 bridgehead atoms. The minimum Gasteiger partial charge on any atom is -0.504 e. The minimum atomic E-state index is -0.580. The van der Waals surface area contributed by atoms with Gasteiger partial charge < -0.3 is 9.84 Å². The number of hydrogen-bond acceptors (Lipinski definition) is 3. The first-order chi connectivity index (χ1) is 8.65. The highest BCUT2D eigenvalue weighted by atomic mass is 35.5. The summed E-state index contributed by atoms with van der Waals surface area (Å²) in [7, 11) is 0. The zero-order valence-electron chi connectivity index (χ0n) is 10.4. The van der Waals surface area contributed by atoms with Crippen LogP contribution in [0.5, 0.6) is 5.75 Å². The second kappa shape index (κ2) is 7.82. The van der Waals surface area contributed by atoms with Crippen molar-refractivity contribution in [2.75, 3.05) is 11.9 Å². The molecule has 0 aromatic heterocycles. The molecule has 1 rings (SSSR count). The predicted octanol–water partition coefficient (Wildman–Crippen LogP) is 4.17. The maximum atomic E-state index is 11.4. The van der Waals surface area contributed by atoms with E-state index in [0.29, 0.717) is 6.61 Å². The summed E-state index contributed by atoms with van der Waals surface area (Å²) in [5.74, 6) is -0.151. The van der Waals surface area contributed by atoms with Crippen LogP contribution in [0.1, 0.15) is 32.6 Å². The van der Waals surface area contributed by atoms with E-state index in [0.717, 1.165) is 25.7 Å². The fourth-order valence-corrected chi connectivity index (χ4v) is 1.63. The Labute approximate surface area is 112 Å². The molecule has 1 aromatic rings. The van der Waals surface area contributed by atoms with Crippen LogP contribution in [-0.4, -0.2) is 17.8 Å². The number of carbonyl (C=O) groups is 1. The standard InChI is InChI=1S/C13H18ClNO3/c1-2-3-4-5-9-18-13(17)15-11-8-6-7-10(14)12(11)16/h6-8,16H,2-5,9H2,1H3,(H,15,17). The van der Waals surface area contributed by atoms with Gasteiger partial charge in [-0.3, -0.25) is 5.32 Å². The van der Waals surface area contributed by atoms with Gasteiger partial charge in [-0.25, -0.2) is 4.79 Å². The van der Waals surface area contributed by atoms with E-state index in [1.807, 2.05) is 0 Å². The number of phenolic OH excluding ortho intramolecular Hbond substituents is 1. The van der Waals surface area contributed by atoms with Crippen LogP contribution in [0.25, 0.3) is 0 Å². The van der Waals surface area contributed by atoms with Gasteiger partial charge in [-0.1, -0.05) is 43.9 Å². The Morgan fingerprint density at radius 3 is 2.89 bits per heavy atom. The molecule has 0 heterocycles. The molecule has 0 fully saturated rings. The first kappa shape index (κ1) is 14.6. The third-order valence-electron chi connectivity index (χ3n) is 2.45. The summed E-state index contributed by atoms with van der Waals surface area (Å²) in [6, 6.07) is 4.73. The number of nitrogens with one attached hydrogen (secondary N) is 1. The zero-order valence-corrected chi connectivity index (χ0v) is 11.2. The molecular weight excluding hydrogens is 254 g/mol. The minimum absolute atomic E-state index is 0.151. The molecule has 1 amide bonds. The molecule has 18 heavy (non-hydrogen) atoms. The third-order valence-corrected chi connectivity index (χ3v) is 2.76. The molecular formula is C13H18ClNO3. The lowest BCUT2D eigenvalue weighted by Crippen LogP contribution is -2.14. The number of halogens is 1. The maximum absolute atomic E-state index is 11.4. The summed E-state index contributed by atoms with van der Waals surface area (Å²) in [5, 5.41) is 12.2. The van der Waals surface area contributed by atoms with E-state index in [4.69, 9.17) is 16.3 Å². The van der Waals surface area contributed by atoms with Crippen molar-refractivity contribution in [3.8, 4) is 5.75 Å². The van der Waals surface area contributed by atoms with Crippen LogP contribution in [0, 0.1) is 0 Å². The van der Waals surface area contributed by atoms with Gasteiger partial charge in [0, 0.05) is 0 Å². The summed E-state index contributed by atoms with van der Waals surface area (Å²) in [6.45, 7) is 2.50. The lowest BCUT2D eigenvalue weighted by atomic mass is 10.2. The lowest BCUT2D eigenvalue weighted by molar-refractivity contribution is 0.159. The summed E-state index contributed by atoms with van der Waals surface area (Å²) < 4.78 is 4.98. The maximum Gasteiger partial charge on any atom is 0.411 e. The van der Waals surface area contributed by atoms with Crippen LogP contribution in [0.2, 0.25) is 5.02 Å². The number of benzene rings is 1. The van der Waals surface area contributed by atoms with Gasteiger partial charge in [0.1, 0.15) is 0 Å². The van der Waals surface area contributed by atoms with Gasteiger partial charge in [-0.15, -0.1) is 0 Å². The first-order valence-corrected chi connectivity index (χ1v) is 6.44. The van der Waals surface area contributed by atoms with Gasteiger partial charge in [-0.2, -0.15) is 0 Å². The largest absolute Gasteiger partial charge is 0.504 e. The van der Waals surface area contributed by atoms with Crippen molar-refractivity contribution in [3.63, 3.8) is 0 Å². The van der Waals surface area contributed by atoms with Gasteiger partial charge in [0.15, 0.2) is 5.75 Å². The van der Waals surface area contributed by atoms with E-state index >= 15 is 0 Å². The van der Waals surface area contributed by atoms with Crippen molar-refractivity contribution in [2.24, 2.45) is 0 Å². The van der Waals surface area contributed by atoms with E-state index in [9.17, 15) is 9.90 Å². The van der Waals surface area contributed by atoms with E-state index in [2.05, 4.69) is 12.2 Å². The SMILES string of the molecule is CCCCCCOC(=O)Nc1cccc(Cl)c1O. The van der Waals surface area contributed by atoms with E-state index in [1.165, 1.54) is 6.07 Å². The van der Waals surface area contributed by atoms with Crippen LogP contribution in [0.15, 0.2) is 18.2 Å². The lowest BCUT2D eigenvalue weighted by Gasteiger charge is -2.08. The smallest absolute Gasteiger partial charge is 0.411 e. The van der Waals surface area contributed by atoms with Gasteiger partial charge in [0.05, 0.1) is 17.3 Å². The van der Waals surface area contributed by atoms with Crippen molar-refractivity contribution in [1.82, 2.24) is 0 Å². The quantitative estimate of drug-likeness (QED) is 0.603. The topological polar surface area (TPSA) is 58.6 Å². The van der Waals surface area contributed by atoms with Gasteiger partial charge >= 0.3 is 6.09 Å². The van der Waals surface area contributed by atoms with Gasteiger partial charge in [-0.05, 0) is 18.6 Å². The second-order valence-electron chi connectivity index (χ2n) is 3.96. The molecule has 0 spiro atoms. The fraction of sp³-hybridized carbons (Fsp3) is 0.462. The molecule has 0 saturated carbocycles. The molecule has 1 aromatic carbocycles. The number of hydrogen-bond donors (Lipinski definition) is 2. The Bertz CT molecular complexity index is 396. The Hall–Kier alpha value is -1.42. The molecule has 0 atom stereocenters. The molecule has 0 aliphatic heterocycles. The van der Waals surface area contributed by atoms with Crippen LogP contribution in [0.3, 0.4) is 0 Å². The molecule has 0 aliphatic carbocycles. The highest BCUT2D eigenvalue weighted by Crippen LogP contribution is 2.31. The normalized spacial score (nSPS) is 10.1. The van der Waals surface area contributed by atoms with Crippen molar-refractivity contribution < 1.29 is 14.6 Å². The zero-order chi connectivity index (χ0) is 13.4. The number of para-hydroxylation sites is 1. The number of rotatable bonds is 6. The molecule has 0 radical (unpaired) electrons. The monoisotopic (exact) mass is 271 g/mol. The highest BCUT2D eigenvalue weighted by Gasteiger charge is 2.09. The average Bonchev–Trinajstić information content (AvgIpc) is 2.35. The van der Waals surface area contributed by atoms with Gasteiger partial charge in [0.25, 0.3) is 0 Å². The molecule has 0 unspecified atom stereocenters. The fourth-order valence-electron chi connectivity index (χ4n) is 1.46. The predicted molar refractivity (Wildman–Crippen MR) is 72.2 cm³/mol. The van der Waals surface area contributed by atoms with E-state index in [1.54, 1.807) is 12.1 Å². The van der Waals surface area contributed by atoms with Crippen molar-refractivity contribution in [2.45, 2.75) is 32.6 Å². The van der Waals surface area contributed by atoms with Crippen molar-refractivity contribution in [1.29, 1.82) is 0 Å². The highest BCUT2D eigenvalue weighted by molar-refractivity contribution is 6.32. The van der Waals surface area contributed by atoms with Crippen LogP contribution < -0.4 is 5.32 Å². The number of carbonyl (C=O) groups excluding carboxylic acids is 1. The number of phenols is 1.